The first kappa shape index (κ1) is 12.4. The fourth-order valence-electron chi connectivity index (χ4n) is 5.92. The lowest BCUT2D eigenvalue weighted by Gasteiger charge is -2.56. The van der Waals surface area contributed by atoms with Gasteiger partial charge in [-0.05, 0) is 63.2 Å². The smallest absolute Gasteiger partial charge is 0.339 e. The molecule has 1 N–H and O–H groups in total. The van der Waals surface area contributed by atoms with E-state index in [-0.39, 0.29) is 5.41 Å². The molecule has 1 aromatic heterocycles. The summed E-state index contributed by atoms with van der Waals surface area (Å²) in [6, 6.07) is 0. The molecule has 4 saturated carbocycles. The zero-order chi connectivity index (χ0) is 14.1. The molecule has 4 bridgehead atoms. The molecule has 4 aliphatic carbocycles. The first-order chi connectivity index (χ1) is 9.48. The first-order valence-electron chi connectivity index (χ1n) is 7.76. The number of hydrogen-bond donors (Lipinski definition) is 1. The lowest BCUT2D eigenvalue weighted by atomic mass is 9.48. The van der Waals surface area contributed by atoms with Crippen molar-refractivity contribution < 1.29 is 9.90 Å². The predicted octanol–water partition coefficient (Wildman–Crippen LogP) is 2.89. The van der Waals surface area contributed by atoms with Gasteiger partial charge in [-0.15, -0.1) is 0 Å². The van der Waals surface area contributed by atoms with Gasteiger partial charge in [0.2, 0.25) is 0 Å². The van der Waals surface area contributed by atoms with Gasteiger partial charge in [0.1, 0.15) is 5.56 Å². The van der Waals surface area contributed by atoms with E-state index in [4.69, 9.17) is 0 Å². The Labute approximate surface area is 119 Å². The fourth-order valence-corrected chi connectivity index (χ4v) is 5.92. The summed E-state index contributed by atoms with van der Waals surface area (Å²) in [6.07, 6.45) is 7.66. The number of carboxylic acid groups (broad SMARTS) is 1. The predicted molar refractivity (Wildman–Crippen MR) is 74.8 cm³/mol. The molecular weight excluding hydrogens is 252 g/mol. The van der Waals surface area contributed by atoms with Gasteiger partial charge in [-0.2, -0.15) is 5.10 Å². The topological polar surface area (TPSA) is 55.1 Å². The van der Waals surface area contributed by atoms with E-state index >= 15 is 0 Å². The Morgan fingerprint density at radius 3 is 2.15 bits per heavy atom. The summed E-state index contributed by atoms with van der Waals surface area (Å²) >= 11 is 0. The Balaban J connectivity index is 1.87. The van der Waals surface area contributed by atoms with Crippen molar-refractivity contribution in [2.75, 3.05) is 0 Å². The van der Waals surface area contributed by atoms with Gasteiger partial charge in [-0.25, -0.2) is 4.79 Å². The highest BCUT2D eigenvalue weighted by Gasteiger charge is 2.54. The summed E-state index contributed by atoms with van der Waals surface area (Å²) in [5.74, 6) is 1.65. The zero-order valence-electron chi connectivity index (χ0n) is 12.2. The molecule has 0 aromatic carbocycles. The van der Waals surface area contributed by atoms with E-state index in [2.05, 4.69) is 5.10 Å². The summed E-state index contributed by atoms with van der Waals surface area (Å²) in [4.78, 5) is 11.7. The normalized spacial score (nSPS) is 38.4. The Morgan fingerprint density at radius 1 is 1.20 bits per heavy atom. The average molecular weight is 274 g/mol. The third-order valence-electron chi connectivity index (χ3n) is 5.98. The molecule has 4 fully saturated rings. The van der Waals surface area contributed by atoms with Gasteiger partial charge in [0.25, 0.3) is 0 Å². The van der Waals surface area contributed by atoms with Gasteiger partial charge in [0.05, 0.1) is 11.4 Å². The van der Waals surface area contributed by atoms with Crippen LogP contribution in [0.1, 0.15) is 60.3 Å². The number of aromatic carboxylic acids is 1. The molecule has 0 radical (unpaired) electrons. The zero-order valence-corrected chi connectivity index (χ0v) is 12.2. The van der Waals surface area contributed by atoms with Crippen molar-refractivity contribution in [1.82, 2.24) is 9.78 Å². The van der Waals surface area contributed by atoms with Crippen molar-refractivity contribution in [3.05, 3.63) is 17.0 Å². The van der Waals surface area contributed by atoms with E-state index in [0.717, 1.165) is 23.4 Å². The number of hydrogen-bond acceptors (Lipinski definition) is 2. The summed E-state index contributed by atoms with van der Waals surface area (Å²) < 4.78 is 1.87. The Morgan fingerprint density at radius 2 is 1.70 bits per heavy atom. The monoisotopic (exact) mass is 274 g/mol. The maximum atomic E-state index is 11.7. The second-order valence-corrected chi connectivity index (χ2v) is 7.44. The number of carbonyl (C=O) groups is 1. The van der Waals surface area contributed by atoms with Gasteiger partial charge < -0.3 is 5.11 Å². The quantitative estimate of drug-likeness (QED) is 0.902. The van der Waals surface area contributed by atoms with Crippen molar-refractivity contribution in [3.8, 4) is 0 Å². The summed E-state index contributed by atoms with van der Waals surface area (Å²) in [6.45, 7) is 1.83. The molecular formula is C16H22N2O2. The van der Waals surface area contributed by atoms with Crippen LogP contribution in [0.5, 0.6) is 0 Å². The molecule has 0 aliphatic heterocycles. The third-order valence-corrected chi connectivity index (χ3v) is 5.98. The molecule has 1 aromatic rings. The second kappa shape index (κ2) is 3.86. The van der Waals surface area contributed by atoms with Gasteiger partial charge in [0, 0.05) is 12.5 Å². The van der Waals surface area contributed by atoms with E-state index in [0.29, 0.717) is 11.3 Å². The van der Waals surface area contributed by atoms with Crippen LogP contribution in [-0.4, -0.2) is 20.9 Å². The van der Waals surface area contributed by atoms with Crippen molar-refractivity contribution in [1.29, 1.82) is 0 Å². The maximum Gasteiger partial charge on any atom is 0.339 e. The second-order valence-electron chi connectivity index (χ2n) is 7.44. The highest BCUT2D eigenvalue weighted by Crippen LogP contribution is 2.61. The van der Waals surface area contributed by atoms with Crippen LogP contribution in [0, 0.1) is 24.7 Å². The van der Waals surface area contributed by atoms with Crippen LogP contribution in [0.2, 0.25) is 0 Å². The van der Waals surface area contributed by atoms with Crippen LogP contribution in [-0.2, 0) is 12.5 Å². The van der Waals surface area contributed by atoms with E-state index in [1.165, 1.54) is 38.5 Å². The fraction of sp³-hybridized carbons (Fsp3) is 0.750. The lowest BCUT2D eigenvalue weighted by Crippen LogP contribution is -2.49. The first-order valence-corrected chi connectivity index (χ1v) is 7.76. The van der Waals surface area contributed by atoms with Gasteiger partial charge in [-0.3, -0.25) is 4.68 Å². The molecule has 0 saturated heterocycles. The molecule has 4 aliphatic rings. The molecule has 0 spiro atoms. The molecule has 5 rings (SSSR count). The van der Waals surface area contributed by atoms with E-state index in [1.807, 2.05) is 18.7 Å². The maximum absolute atomic E-state index is 11.7. The molecule has 4 heteroatoms. The van der Waals surface area contributed by atoms with Crippen LogP contribution >= 0.6 is 0 Å². The highest BCUT2D eigenvalue weighted by atomic mass is 16.4. The number of rotatable bonds is 2. The summed E-state index contributed by atoms with van der Waals surface area (Å²) in [5.41, 5.74) is 2.26. The minimum Gasteiger partial charge on any atom is -0.478 e. The third kappa shape index (κ3) is 1.54. The van der Waals surface area contributed by atoms with E-state index in [1.54, 1.807) is 0 Å². The molecule has 20 heavy (non-hydrogen) atoms. The van der Waals surface area contributed by atoms with Crippen LogP contribution in [0.3, 0.4) is 0 Å². The van der Waals surface area contributed by atoms with Gasteiger partial charge >= 0.3 is 5.97 Å². The van der Waals surface area contributed by atoms with Crippen LogP contribution in [0.25, 0.3) is 0 Å². The molecule has 1 heterocycles. The van der Waals surface area contributed by atoms with Crippen molar-refractivity contribution in [3.63, 3.8) is 0 Å². The Hall–Kier alpha value is -1.32. The molecule has 0 atom stereocenters. The Bertz CT molecular complexity index is 552. The van der Waals surface area contributed by atoms with E-state index in [9.17, 15) is 9.90 Å². The van der Waals surface area contributed by atoms with Crippen LogP contribution in [0.4, 0.5) is 0 Å². The summed E-state index contributed by atoms with van der Waals surface area (Å²) in [7, 11) is 1.92. The molecule has 108 valence electrons. The van der Waals surface area contributed by atoms with E-state index < -0.39 is 5.97 Å². The molecule has 0 amide bonds. The van der Waals surface area contributed by atoms with Gasteiger partial charge in [-0.1, -0.05) is 0 Å². The molecule has 0 unspecified atom stereocenters. The number of carboxylic acids is 1. The standard InChI is InChI=1S/C16H22N2O2/c1-9-13(15(19)20)14(18(2)17-9)16-6-10-3-11(7-16)5-12(4-10)8-16/h10-12H,3-8H2,1-2H3,(H,19,20). The largest absolute Gasteiger partial charge is 0.478 e. The number of nitrogens with zero attached hydrogens (tertiary/aromatic N) is 2. The minimum atomic E-state index is -0.804. The number of aromatic nitrogens is 2. The summed E-state index contributed by atoms with van der Waals surface area (Å²) in [5, 5.41) is 14.0. The van der Waals surface area contributed by atoms with Crippen molar-refractivity contribution in [2.24, 2.45) is 24.8 Å². The van der Waals surface area contributed by atoms with Crippen LogP contribution < -0.4 is 0 Å². The highest BCUT2D eigenvalue weighted by molar-refractivity contribution is 5.90. The van der Waals surface area contributed by atoms with Crippen LogP contribution in [0.15, 0.2) is 0 Å². The Kier molecular flexibility index (Phi) is 2.40. The number of aryl methyl sites for hydroxylation is 2. The SMILES string of the molecule is Cc1nn(C)c(C23CC4CC(CC(C4)C2)C3)c1C(=O)O. The van der Waals surface area contributed by atoms with Crippen molar-refractivity contribution in [2.45, 2.75) is 50.9 Å². The minimum absolute atomic E-state index is 0.0957. The average Bonchev–Trinajstić information content (AvgIpc) is 2.63. The van der Waals surface area contributed by atoms with Gasteiger partial charge in [0.15, 0.2) is 0 Å². The van der Waals surface area contributed by atoms with Crippen molar-refractivity contribution >= 4 is 5.97 Å². The molecule has 4 nitrogen and oxygen atoms in total. The lowest BCUT2D eigenvalue weighted by molar-refractivity contribution is -0.00951.